The Labute approximate surface area is 182 Å². The molecule has 5 nitrogen and oxygen atoms in total. The Kier molecular flexibility index (Phi) is 5.45. The summed E-state index contributed by atoms with van der Waals surface area (Å²) in [5, 5.41) is 21.4. The van der Waals surface area contributed by atoms with Gasteiger partial charge in [-0.1, -0.05) is 58.4 Å². The minimum Gasteiger partial charge on any atom is -0.507 e. The summed E-state index contributed by atoms with van der Waals surface area (Å²) in [5.74, 6) is -1.21. The van der Waals surface area contributed by atoms with Crippen LogP contribution in [0.1, 0.15) is 27.9 Å². The number of aromatic hydroxyl groups is 1. The molecule has 30 heavy (non-hydrogen) atoms. The van der Waals surface area contributed by atoms with Crippen molar-refractivity contribution >= 4 is 33.3 Å². The SMILES string of the molecule is O=C(C[C@@]1(O)C(=O)N(CCc2ccccc2)c2ccc(Br)cc21)c1ccccc1O. The van der Waals surface area contributed by atoms with Gasteiger partial charge in [0.2, 0.25) is 0 Å². The van der Waals surface area contributed by atoms with Crippen molar-refractivity contribution in [3.63, 3.8) is 0 Å². The van der Waals surface area contributed by atoms with Crippen LogP contribution in [0.2, 0.25) is 0 Å². The second-order valence-electron chi connectivity index (χ2n) is 7.33. The summed E-state index contributed by atoms with van der Waals surface area (Å²) < 4.78 is 0.701. The Bertz CT molecular complexity index is 1120. The van der Waals surface area contributed by atoms with E-state index >= 15 is 0 Å². The quantitative estimate of drug-likeness (QED) is 0.534. The monoisotopic (exact) mass is 465 g/mol. The number of hydrogen-bond donors (Lipinski definition) is 2. The van der Waals surface area contributed by atoms with E-state index in [2.05, 4.69) is 15.9 Å². The molecule has 0 spiro atoms. The molecule has 4 rings (SSSR count). The van der Waals surface area contributed by atoms with E-state index in [1.807, 2.05) is 30.3 Å². The number of hydrogen-bond acceptors (Lipinski definition) is 4. The summed E-state index contributed by atoms with van der Waals surface area (Å²) in [7, 11) is 0. The van der Waals surface area contributed by atoms with Gasteiger partial charge in [0, 0.05) is 16.6 Å². The number of ketones is 1. The number of Topliss-reactive ketones (excluding diaryl/α,β-unsaturated/α-hetero) is 1. The number of phenolic OH excluding ortho intramolecular Hbond substituents is 1. The second kappa shape index (κ2) is 8.05. The van der Waals surface area contributed by atoms with Crippen LogP contribution in [0.25, 0.3) is 0 Å². The number of rotatable bonds is 6. The van der Waals surface area contributed by atoms with Crippen molar-refractivity contribution in [2.24, 2.45) is 0 Å². The van der Waals surface area contributed by atoms with Gasteiger partial charge in [-0.15, -0.1) is 0 Å². The second-order valence-corrected chi connectivity index (χ2v) is 8.25. The Morgan fingerprint density at radius 2 is 1.70 bits per heavy atom. The largest absolute Gasteiger partial charge is 0.507 e. The highest BCUT2D eigenvalue weighted by molar-refractivity contribution is 9.10. The van der Waals surface area contributed by atoms with E-state index in [1.165, 1.54) is 17.0 Å². The number of halogens is 1. The van der Waals surface area contributed by atoms with Crippen molar-refractivity contribution in [3.05, 3.63) is 94.0 Å². The molecule has 1 aliphatic rings. The third kappa shape index (κ3) is 3.64. The van der Waals surface area contributed by atoms with Crippen LogP contribution in [0, 0.1) is 0 Å². The Morgan fingerprint density at radius 3 is 2.43 bits per heavy atom. The zero-order valence-electron chi connectivity index (χ0n) is 16.1. The van der Waals surface area contributed by atoms with Gasteiger partial charge in [0.1, 0.15) is 5.75 Å². The van der Waals surface area contributed by atoms with Crippen molar-refractivity contribution < 1.29 is 19.8 Å². The highest BCUT2D eigenvalue weighted by atomic mass is 79.9. The van der Waals surface area contributed by atoms with Crippen LogP contribution in [0.15, 0.2) is 77.3 Å². The van der Waals surface area contributed by atoms with Gasteiger partial charge in [0.05, 0.1) is 17.7 Å². The van der Waals surface area contributed by atoms with Crippen molar-refractivity contribution in [1.82, 2.24) is 0 Å². The molecule has 6 heteroatoms. The first kappa shape index (κ1) is 20.3. The number of para-hydroxylation sites is 1. The number of carbonyl (C=O) groups excluding carboxylic acids is 2. The molecular formula is C24H20BrNO4. The van der Waals surface area contributed by atoms with E-state index in [0.717, 1.165) is 5.56 Å². The highest BCUT2D eigenvalue weighted by Gasteiger charge is 2.51. The molecule has 0 unspecified atom stereocenters. The van der Waals surface area contributed by atoms with Crippen LogP contribution in [0.4, 0.5) is 5.69 Å². The number of fused-ring (bicyclic) bond motifs is 1. The van der Waals surface area contributed by atoms with Gasteiger partial charge >= 0.3 is 0 Å². The van der Waals surface area contributed by atoms with Crippen LogP contribution in [0.5, 0.6) is 5.75 Å². The number of phenols is 1. The molecule has 2 N–H and O–H groups in total. The lowest BCUT2D eigenvalue weighted by molar-refractivity contribution is -0.135. The lowest BCUT2D eigenvalue weighted by atomic mass is 9.88. The van der Waals surface area contributed by atoms with E-state index in [-0.39, 0.29) is 11.3 Å². The Hall–Kier alpha value is -2.96. The molecule has 1 amide bonds. The average Bonchev–Trinajstić information content (AvgIpc) is 2.94. The normalized spacial score (nSPS) is 17.8. The minimum absolute atomic E-state index is 0.0815. The maximum Gasteiger partial charge on any atom is 0.264 e. The maximum atomic E-state index is 13.3. The van der Waals surface area contributed by atoms with E-state index < -0.39 is 23.7 Å². The van der Waals surface area contributed by atoms with Crippen LogP contribution < -0.4 is 4.90 Å². The molecule has 3 aromatic rings. The molecule has 0 radical (unpaired) electrons. The molecule has 0 saturated heterocycles. The van der Waals surface area contributed by atoms with Crippen molar-refractivity contribution in [3.8, 4) is 5.75 Å². The summed E-state index contributed by atoms with van der Waals surface area (Å²) >= 11 is 3.39. The molecule has 0 aliphatic carbocycles. The van der Waals surface area contributed by atoms with E-state index in [9.17, 15) is 19.8 Å². The molecule has 0 saturated carbocycles. The predicted molar refractivity (Wildman–Crippen MR) is 118 cm³/mol. The number of anilines is 1. The lowest BCUT2D eigenvalue weighted by Crippen LogP contribution is -2.42. The van der Waals surface area contributed by atoms with Gasteiger partial charge in [-0.05, 0) is 42.3 Å². The van der Waals surface area contributed by atoms with E-state index in [4.69, 9.17) is 0 Å². The van der Waals surface area contributed by atoms with E-state index in [0.29, 0.717) is 28.7 Å². The first-order chi connectivity index (χ1) is 14.4. The zero-order chi connectivity index (χ0) is 21.3. The molecule has 3 aromatic carbocycles. The fourth-order valence-corrected chi connectivity index (χ4v) is 4.20. The molecule has 0 fully saturated rings. The average molecular weight is 466 g/mol. The number of carbonyl (C=O) groups is 2. The topological polar surface area (TPSA) is 77.8 Å². The third-order valence-electron chi connectivity index (χ3n) is 5.38. The van der Waals surface area contributed by atoms with Crippen molar-refractivity contribution in [2.75, 3.05) is 11.4 Å². The van der Waals surface area contributed by atoms with Crippen LogP contribution in [0.3, 0.4) is 0 Å². The first-order valence-electron chi connectivity index (χ1n) is 9.59. The van der Waals surface area contributed by atoms with E-state index in [1.54, 1.807) is 30.3 Å². The van der Waals surface area contributed by atoms with Gasteiger partial charge < -0.3 is 15.1 Å². The van der Waals surface area contributed by atoms with Gasteiger partial charge in [-0.2, -0.15) is 0 Å². The summed E-state index contributed by atoms with van der Waals surface area (Å²) in [6.45, 7) is 0.380. The lowest BCUT2D eigenvalue weighted by Gasteiger charge is -2.23. The summed E-state index contributed by atoms with van der Waals surface area (Å²) in [4.78, 5) is 27.7. The Morgan fingerprint density at radius 1 is 1.00 bits per heavy atom. The number of benzene rings is 3. The third-order valence-corrected chi connectivity index (χ3v) is 5.87. The van der Waals surface area contributed by atoms with Crippen LogP contribution >= 0.6 is 15.9 Å². The standard InChI is InChI=1S/C24H20BrNO4/c25-17-10-11-20-19(14-17)24(30,15-22(28)18-8-4-5-9-21(18)27)23(29)26(20)13-12-16-6-2-1-3-7-16/h1-11,14,27,30H,12-13,15H2/t24-/m0/s1. The van der Waals surface area contributed by atoms with Gasteiger partial charge in [-0.25, -0.2) is 0 Å². The van der Waals surface area contributed by atoms with Gasteiger partial charge in [-0.3, -0.25) is 9.59 Å². The first-order valence-corrected chi connectivity index (χ1v) is 10.4. The number of nitrogens with zero attached hydrogens (tertiary/aromatic N) is 1. The smallest absolute Gasteiger partial charge is 0.264 e. The molecular weight excluding hydrogens is 446 g/mol. The maximum absolute atomic E-state index is 13.3. The van der Waals surface area contributed by atoms with Crippen LogP contribution in [-0.2, 0) is 16.8 Å². The summed E-state index contributed by atoms with van der Waals surface area (Å²) in [5.41, 5.74) is 0.142. The van der Waals surface area contributed by atoms with Crippen molar-refractivity contribution in [2.45, 2.75) is 18.4 Å². The number of amides is 1. The number of aliphatic hydroxyl groups is 1. The molecule has 0 aromatic heterocycles. The minimum atomic E-state index is -1.99. The molecule has 152 valence electrons. The molecule has 0 bridgehead atoms. The molecule has 1 atom stereocenters. The fourth-order valence-electron chi connectivity index (χ4n) is 3.84. The zero-order valence-corrected chi connectivity index (χ0v) is 17.7. The van der Waals surface area contributed by atoms with Gasteiger partial charge in [0.25, 0.3) is 5.91 Å². The summed E-state index contributed by atoms with van der Waals surface area (Å²) in [6, 6.07) is 21.1. The molecule has 1 aliphatic heterocycles. The van der Waals surface area contributed by atoms with Crippen LogP contribution in [-0.4, -0.2) is 28.4 Å². The van der Waals surface area contributed by atoms with Crippen molar-refractivity contribution in [1.29, 1.82) is 0 Å². The van der Waals surface area contributed by atoms with Gasteiger partial charge in [0.15, 0.2) is 11.4 Å². The fraction of sp³-hybridized carbons (Fsp3) is 0.167. The Balaban J connectivity index is 1.66. The summed E-state index contributed by atoms with van der Waals surface area (Å²) in [6.07, 6.45) is 0.167. The molecule has 1 heterocycles. The highest BCUT2D eigenvalue weighted by Crippen LogP contribution is 2.44. The predicted octanol–water partition coefficient (Wildman–Crippen LogP) is 4.20.